The van der Waals surface area contributed by atoms with Crippen molar-refractivity contribution in [2.75, 3.05) is 6.61 Å². The van der Waals surface area contributed by atoms with Crippen LogP contribution in [0.5, 0.6) is 0 Å². The Morgan fingerprint density at radius 1 is 1.56 bits per heavy atom. The number of hydrogen-bond acceptors (Lipinski definition) is 3. The summed E-state index contributed by atoms with van der Waals surface area (Å²) < 4.78 is 5.38. The molecule has 0 aromatic carbocycles. The van der Waals surface area contributed by atoms with Crippen molar-refractivity contribution in [1.29, 1.82) is 0 Å². The third kappa shape index (κ3) is 4.14. The first-order valence-electron chi connectivity index (χ1n) is 5.41. The predicted molar refractivity (Wildman–Crippen MR) is 66.5 cm³/mol. The van der Waals surface area contributed by atoms with E-state index in [4.69, 9.17) is 22.1 Å². The molecular formula is C12H16O3S. The number of rotatable bonds is 6. The molecule has 0 unspecified atom stereocenters. The average Bonchev–Trinajstić information content (AvgIpc) is 2.21. The second-order valence-corrected chi connectivity index (χ2v) is 4.10. The van der Waals surface area contributed by atoms with Gasteiger partial charge in [-0.25, -0.2) is 0 Å². The largest absolute Gasteiger partial charge is 0.498 e. The van der Waals surface area contributed by atoms with Crippen molar-refractivity contribution < 1.29 is 14.6 Å². The van der Waals surface area contributed by atoms with Crippen LogP contribution >= 0.6 is 12.2 Å². The predicted octanol–water partition coefficient (Wildman–Crippen LogP) is 2.86. The molecule has 0 amide bonds. The van der Waals surface area contributed by atoms with Gasteiger partial charge in [0.25, 0.3) is 0 Å². The highest BCUT2D eigenvalue weighted by Gasteiger charge is 2.13. The van der Waals surface area contributed by atoms with E-state index in [1.54, 1.807) is 0 Å². The molecule has 0 aromatic rings. The number of carbonyl (C=O) groups is 1. The van der Waals surface area contributed by atoms with Crippen molar-refractivity contribution in [2.24, 2.45) is 0 Å². The van der Waals surface area contributed by atoms with Crippen LogP contribution in [0.4, 0.5) is 0 Å². The SMILES string of the molecule is CCOC1=CC=C(CCCC(=O)O)C(=S)C1. The van der Waals surface area contributed by atoms with Crippen molar-refractivity contribution in [2.45, 2.75) is 32.6 Å². The summed E-state index contributed by atoms with van der Waals surface area (Å²) in [5.74, 6) is 0.141. The maximum atomic E-state index is 10.4. The summed E-state index contributed by atoms with van der Waals surface area (Å²) >= 11 is 5.26. The van der Waals surface area contributed by atoms with Gasteiger partial charge >= 0.3 is 5.97 Å². The van der Waals surface area contributed by atoms with Gasteiger partial charge in [-0.15, -0.1) is 0 Å². The maximum absolute atomic E-state index is 10.4. The summed E-state index contributed by atoms with van der Waals surface area (Å²) in [6.07, 6.45) is 6.11. The fraction of sp³-hybridized carbons (Fsp3) is 0.500. The van der Waals surface area contributed by atoms with Crippen LogP contribution in [-0.2, 0) is 9.53 Å². The van der Waals surface area contributed by atoms with Gasteiger partial charge < -0.3 is 9.84 Å². The molecule has 1 aliphatic rings. The molecule has 0 fully saturated rings. The Hall–Kier alpha value is -1.16. The first-order chi connectivity index (χ1) is 7.63. The highest BCUT2D eigenvalue weighted by Crippen LogP contribution is 2.21. The van der Waals surface area contributed by atoms with E-state index in [9.17, 15) is 4.79 Å². The molecule has 0 bridgehead atoms. The van der Waals surface area contributed by atoms with Crippen molar-refractivity contribution in [1.82, 2.24) is 0 Å². The molecule has 4 heteroatoms. The number of carboxylic acid groups (broad SMARTS) is 1. The Morgan fingerprint density at radius 2 is 2.31 bits per heavy atom. The molecule has 0 heterocycles. The number of thiocarbonyl (C=S) groups is 1. The molecular weight excluding hydrogens is 224 g/mol. The first kappa shape index (κ1) is 12.9. The van der Waals surface area contributed by atoms with Crippen LogP contribution in [0.15, 0.2) is 23.5 Å². The standard InChI is InChI=1S/C12H16O3S/c1-2-15-10-7-6-9(11(16)8-10)4-3-5-12(13)14/h6-7H,2-5,8H2,1H3,(H,13,14). The Morgan fingerprint density at radius 3 is 2.88 bits per heavy atom. The Labute approximate surface area is 101 Å². The van der Waals surface area contributed by atoms with Gasteiger partial charge in [0.1, 0.15) is 5.76 Å². The number of carboxylic acids is 1. The Bertz CT molecular complexity index is 342. The van der Waals surface area contributed by atoms with Gasteiger partial charge in [0, 0.05) is 17.7 Å². The van der Waals surface area contributed by atoms with Gasteiger partial charge in [-0.1, -0.05) is 18.3 Å². The van der Waals surface area contributed by atoms with E-state index in [0.29, 0.717) is 19.4 Å². The topological polar surface area (TPSA) is 46.5 Å². The van der Waals surface area contributed by atoms with Gasteiger partial charge in [-0.3, -0.25) is 4.79 Å². The van der Waals surface area contributed by atoms with Crippen molar-refractivity contribution in [3.63, 3.8) is 0 Å². The molecule has 16 heavy (non-hydrogen) atoms. The summed E-state index contributed by atoms with van der Waals surface area (Å²) in [5, 5.41) is 8.54. The number of allylic oxidation sites excluding steroid dienone is 4. The quantitative estimate of drug-likeness (QED) is 0.725. The lowest BCUT2D eigenvalue weighted by Gasteiger charge is -2.15. The zero-order chi connectivity index (χ0) is 12.0. The molecule has 88 valence electrons. The lowest BCUT2D eigenvalue weighted by molar-refractivity contribution is -0.137. The number of hydrogen-bond donors (Lipinski definition) is 1. The van der Waals surface area contributed by atoms with E-state index >= 15 is 0 Å². The minimum Gasteiger partial charge on any atom is -0.498 e. The summed E-state index contributed by atoms with van der Waals surface area (Å²) in [6.45, 7) is 2.59. The smallest absolute Gasteiger partial charge is 0.303 e. The molecule has 3 nitrogen and oxygen atoms in total. The second-order valence-electron chi connectivity index (χ2n) is 3.61. The lowest BCUT2D eigenvalue weighted by atomic mass is 9.98. The van der Waals surface area contributed by atoms with E-state index in [-0.39, 0.29) is 6.42 Å². The summed E-state index contributed by atoms with van der Waals surface area (Å²) in [5.41, 5.74) is 1.07. The van der Waals surface area contributed by atoms with Gasteiger partial charge in [0.2, 0.25) is 0 Å². The van der Waals surface area contributed by atoms with Crippen LogP contribution in [0.1, 0.15) is 32.6 Å². The van der Waals surface area contributed by atoms with Gasteiger partial charge in [-0.05, 0) is 31.4 Å². The highest BCUT2D eigenvalue weighted by molar-refractivity contribution is 7.80. The molecule has 1 N–H and O–H groups in total. The van der Waals surface area contributed by atoms with Crippen LogP contribution in [-0.4, -0.2) is 22.5 Å². The van der Waals surface area contributed by atoms with E-state index in [1.807, 2.05) is 19.1 Å². The summed E-state index contributed by atoms with van der Waals surface area (Å²) in [4.78, 5) is 11.2. The lowest BCUT2D eigenvalue weighted by Crippen LogP contribution is -2.08. The van der Waals surface area contributed by atoms with Crippen LogP contribution in [0.2, 0.25) is 0 Å². The van der Waals surface area contributed by atoms with Crippen molar-refractivity contribution >= 4 is 23.1 Å². The molecule has 0 aromatic heterocycles. The fourth-order valence-electron chi connectivity index (χ4n) is 1.55. The minimum atomic E-state index is -0.757. The molecule has 0 saturated carbocycles. The monoisotopic (exact) mass is 240 g/mol. The number of aliphatic carboxylic acids is 1. The zero-order valence-corrected chi connectivity index (χ0v) is 10.2. The van der Waals surface area contributed by atoms with Gasteiger partial charge in [0.15, 0.2) is 0 Å². The van der Waals surface area contributed by atoms with Crippen LogP contribution in [0.25, 0.3) is 0 Å². The van der Waals surface area contributed by atoms with Crippen molar-refractivity contribution in [3.8, 4) is 0 Å². The van der Waals surface area contributed by atoms with Crippen LogP contribution in [0, 0.1) is 0 Å². The van der Waals surface area contributed by atoms with E-state index in [1.165, 1.54) is 0 Å². The molecule has 1 rings (SSSR count). The van der Waals surface area contributed by atoms with Crippen molar-refractivity contribution in [3.05, 3.63) is 23.5 Å². The minimum absolute atomic E-state index is 0.196. The highest BCUT2D eigenvalue weighted by atomic mass is 32.1. The third-order valence-corrected chi connectivity index (χ3v) is 2.74. The van der Waals surface area contributed by atoms with E-state index in [2.05, 4.69) is 0 Å². The molecule has 0 aliphatic heterocycles. The van der Waals surface area contributed by atoms with Gasteiger partial charge in [0.05, 0.1) is 6.61 Å². The van der Waals surface area contributed by atoms with E-state index < -0.39 is 5.97 Å². The Balaban J connectivity index is 2.47. The van der Waals surface area contributed by atoms with Gasteiger partial charge in [-0.2, -0.15) is 0 Å². The fourth-order valence-corrected chi connectivity index (χ4v) is 1.87. The molecule has 0 atom stereocenters. The molecule has 1 aliphatic carbocycles. The summed E-state index contributed by atoms with van der Waals surface area (Å²) in [6, 6.07) is 0. The zero-order valence-electron chi connectivity index (χ0n) is 9.36. The molecule has 0 spiro atoms. The molecule has 0 radical (unpaired) electrons. The third-order valence-electron chi connectivity index (χ3n) is 2.33. The van der Waals surface area contributed by atoms with Crippen LogP contribution in [0.3, 0.4) is 0 Å². The average molecular weight is 240 g/mol. The summed E-state index contributed by atoms with van der Waals surface area (Å²) in [7, 11) is 0. The normalized spacial score (nSPS) is 15.4. The van der Waals surface area contributed by atoms with Crippen LogP contribution < -0.4 is 0 Å². The molecule has 0 saturated heterocycles. The second kappa shape index (κ2) is 6.43. The maximum Gasteiger partial charge on any atom is 0.303 e. The number of ether oxygens (including phenoxy) is 1. The van der Waals surface area contributed by atoms with E-state index in [0.717, 1.165) is 22.6 Å². The Kier molecular flexibility index (Phi) is 5.19. The first-order valence-corrected chi connectivity index (χ1v) is 5.81.